The monoisotopic (exact) mass is 349 g/mol. The second kappa shape index (κ2) is 5.72. The zero-order chi connectivity index (χ0) is 17.6. The van der Waals surface area contributed by atoms with Gasteiger partial charge in [0.15, 0.2) is 0 Å². The van der Waals surface area contributed by atoms with Crippen LogP contribution in [0.25, 0.3) is 0 Å². The predicted octanol–water partition coefficient (Wildman–Crippen LogP) is 4.65. The van der Waals surface area contributed by atoms with Gasteiger partial charge >= 0.3 is 0 Å². The summed E-state index contributed by atoms with van der Waals surface area (Å²) in [6, 6.07) is 20.3. The lowest BCUT2D eigenvalue weighted by Crippen LogP contribution is -2.32. The molecule has 1 aliphatic rings. The van der Waals surface area contributed by atoms with Crippen LogP contribution >= 0.6 is 11.8 Å². The zero-order valence-corrected chi connectivity index (χ0v) is 14.3. The van der Waals surface area contributed by atoms with Gasteiger partial charge in [0.1, 0.15) is 5.60 Å². The van der Waals surface area contributed by atoms with Gasteiger partial charge in [-0.05, 0) is 36.8 Å². The molecule has 25 heavy (non-hydrogen) atoms. The molecule has 0 unspecified atom stereocenters. The van der Waals surface area contributed by atoms with Crippen LogP contribution in [0.1, 0.15) is 22.3 Å². The van der Waals surface area contributed by atoms with Crippen molar-refractivity contribution in [1.29, 1.82) is 0 Å². The first-order chi connectivity index (χ1) is 12.0. The van der Waals surface area contributed by atoms with Gasteiger partial charge in [-0.25, -0.2) is 0 Å². The highest BCUT2D eigenvalue weighted by atomic mass is 32.2. The van der Waals surface area contributed by atoms with E-state index >= 15 is 0 Å². The third kappa shape index (κ3) is 2.35. The van der Waals surface area contributed by atoms with Gasteiger partial charge in [-0.15, -0.1) is 0 Å². The summed E-state index contributed by atoms with van der Waals surface area (Å²) >= 11 is 1.62. The van der Waals surface area contributed by atoms with Gasteiger partial charge in [-0.1, -0.05) is 48.2 Å². The minimum absolute atomic E-state index is 0.0547. The number of nitro groups is 1. The Labute approximate surface area is 149 Å². The van der Waals surface area contributed by atoms with Crippen molar-refractivity contribution in [2.75, 3.05) is 0 Å². The number of hydrogen-bond acceptors (Lipinski definition) is 4. The van der Waals surface area contributed by atoms with E-state index in [1.54, 1.807) is 30.8 Å². The number of rotatable bonds is 2. The van der Waals surface area contributed by atoms with Gasteiger partial charge < -0.3 is 5.11 Å². The summed E-state index contributed by atoms with van der Waals surface area (Å²) in [5.41, 5.74) is 1.48. The number of fused-ring (bicyclic) bond motifs is 2. The van der Waals surface area contributed by atoms with Crippen molar-refractivity contribution in [1.82, 2.24) is 0 Å². The smallest absolute Gasteiger partial charge is 0.272 e. The lowest BCUT2D eigenvalue weighted by Gasteiger charge is -2.36. The Morgan fingerprint density at radius 2 is 1.52 bits per heavy atom. The highest BCUT2D eigenvalue weighted by molar-refractivity contribution is 7.99. The quantitative estimate of drug-likeness (QED) is 0.540. The first kappa shape index (κ1) is 15.9. The second-order valence-corrected chi connectivity index (χ2v) is 7.15. The minimum Gasteiger partial charge on any atom is -0.376 e. The largest absolute Gasteiger partial charge is 0.376 e. The van der Waals surface area contributed by atoms with E-state index in [2.05, 4.69) is 0 Å². The van der Waals surface area contributed by atoms with E-state index in [4.69, 9.17) is 0 Å². The molecule has 0 saturated carbocycles. The van der Waals surface area contributed by atoms with Gasteiger partial charge in [-0.2, -0.15) is 0 Å². The Morgan fingerprint density at radius 1 is 0.960 bits per heavy atom. The fraction of sp³-hybridized carbons (Fsp3) is 0.100. The number of hydrogen-bond donors (Lipinski definition) is 1. The highest BCUT2D eigenvalue weighted by Gasteiger charge is 2.41. The Morgan fingerprint density at radius 3 is 2.04 bits per heavy atom. The van der Waals surface area contributed by atoms with Crippen molar-refractivity contribution in [2.45, 2.75) is 22.3 Å². The predicted molar refractivity (Wildman–Crippen MR) is 96.9 cm³/mol. The topological polar surface area (TPSA) is 63.4 Å². The fourth-order valence-electron chi connectivity index (χ4n) is 3.37. The molecule has 3 aromatic rings. The summed E-state index contributed by atoms with van der Waals surface area (Å²) in [4.78, 5) is 12.7. The van der Waals surface area contributed by atoms with Crippen molar-refractivity contribution in [3.05, 3.63) is 99.1 Å². The molecule has 0 fully saturated rings. The van der Waals surface area contributed by atoms with Crippen molar-refractivity contribution in [2.24, 2.45) is 0 Å². The summed E-state index contributed by atoms with van der Waals surface area (Å²) in [6.07, 6.45) is 0. The Hall–Kier alpha value is -2.63. The summed E-state index contributed by atoms with van der Waals surface area (Å²) in [6.45, 7) is 1.69. The molecule has 1 aliphatic heterocycles. The van der Waals surface area contributed by atoms with Crippen LogP contribution in [0, 0.1) is 17.0 Å². The molecule has 0 saturated heterocycles. The maximum Gasteiger partial charge on any atom is 0.272 e. The fourth-order valence-corrected chi connectivity index (χ4v) is 4.55. The highest BCUT2D eigenvalue weighted by Crippen LogP contribution is 2.51. The van der Waals surface area contributed by atoms with Crippen LogP contribution in [-0.4, -0.2) is 10.0 Å². The number of nitrogens with zero attached hydrogens (tertiary/aromatic N) is 1. The van der Waals surface area contributed by atoms with Gasteiger partial charge in [-0.3, -0.25) is 10.1 Å². The van der Waals surface area contributed by atoms with E-state index in [0.717, 1.165) is 20.9 Å². The lowest BCUT2D eigenvalue weighted by molar-refractivity contribution is -0.385. The van der Waals surface area contributed by atoms with E-state index < -0.39 is 10.5 Å². The number of benzene rings is 3. The molecule has 4 rings (SSSR count). The van der Waals surface area contributed by atoms with E-state index in [1.165, 1.54) is 6.07 Å². The summed E-state index contributed by atoms with van der Waals surface area (Å²) in [5, 5.41) is 22.9. The van der Waals surface area contributed by atoms with Gasteiger partial charge in [0.05, 0.1) is 4.92 Å². The Kier molecular flexibility index (Phi) is 3.63. The van der Waals surface area contributed by atoms with Crippen LogP contribution in [0.5, 0.6) is 0 Å². The van der Waals surface area contributed by atoms with Crippen LogP contribution < -0.4 is 0 Å². The molecule has 1 N–H and O–H groups in total. The average molecular weight is 349 g/mol. The average Bonchev–Trinajstić information content (AvgIpc) is 2.61. The van der Waals surface area contributed by atoms with Gasteiger partial charge in [0, 0.05) is 32.5 Å². The summed E-state index contributed by atoms with van der Waals surface area (Å²) in [5.74, 6) is 0. The van der Waals surface area contributed by atoms with Crippen molar-refractivity contribution >= 4 is 17.4 Å². The standard InChI is InChI=1S/C20H15NO3S/c1-13-12-14(10-11-17(13)21(23)24)20(22)15-6-2-4-8-18(15)25-19-9-5-3-7-16(19)20/h2-12,22H,1H3. The van der Waals surface area contributed by atoms with Crippen LogP contribution in [0.3, 0.4) is 0 Å². The van der Waals surface area contributed by atoms with Crippen LogP contribution in [0.4, 0.5) is 5.69 Å². The number of aliphatic hydroxyl groups is 1. The molecule has 5 heteroatoms. The Balaban J connectivity index is 2.00. The first-order valence-electron chi connectivity index (χ1n) is 7.86. The van der Waals surface area contributed by atoms with E-state index in [-0.39, 0.29) is 5.69 Å². The molecule has 0 amide bonds. The first-order valence-corrected chi connectivity index (χ1v) is 8.68. The second-order valence-electron chi connectivity index (χ2n) is 6.06. The molecule has 0 spiro atoms. The van der Waals surface area contributed by atoms with Crippen LogP contribution in [0.2, 0.25) is 0 Å². The lowest BCUT2D eigenvalue weighted by atomic mass is 9.79. The van der Waals surface area contributed by atoms with Crippen molar-refractivity contribution < 1.29 is 10.0 Å². The Bertz CT molecular complexity index is 954. The zero-order valence-electron chi connectivity index (χ0n) is 13.5. The van der Waals surface area contributed by atoms with E-state index in [0.29, 0.717) is 11.1 Å². The summed E-state index contributed by atoms with van der Waals surface area (Å²) < 4.78 is 0. The molecule has 4 nitrogen and oxygen atoms in total. The molecule has 0 aromatic heterocycles. The molecule has 0 atom stereocenters. The van der Waals surface area contributed by atoms with Crippen LogP contribution in [0.15, 0.2) is 76.5 Å². The third-order valence-corrected chi connectivity index (χ3v) is 5.74. The molecule has 1 heterocycles. The van der Waals surface area contributed by atoms with E-state index in [9.17, 15) is 15.2 Å². The van der Waals surface area contributed by atoms with Crippen LogP contribution in [-0.2, 0) is 5.60 Å². The molecule has 0 aliphatic carbocycles. The molecule has 0 radical (unpaired) electrons. The normalized spacial score (nSPS) is 14.5. The SMILES string of the molecule is Cc1cc(C2(O)c3ccccc3Sc3ccccc32)ccc1[N+](=O)[O-]. The molecule has 3 aromatic carbocycles. The van der Waals surface area contributed by atoms with Gasteiger partial charge in [0.25, 0.3) is 5.69 Å². The minimum atomic E-state index is -1.33. The molecular weight excluding hydrogens is 334 g/mol. The van der Waals surface area contributed by atoms with Crippen molar-refractivity contribution in [3.8, 4) is 0 Å². The third-order valence-electron chi connectivity index (χ3n) is 4.58. The van der Waals surface area contributed by atoms with Crippen molar-refractivity contribution in [3.63, 3.8) is 0 Å². The number of aryl methyl sites for hydroxylation is 1. The van der Waals surface area contributed by atoms with Gasteiger partial charge in [0.2, 0.25) is 0 Å². The maximum absolute atomic E-state index is 11.8. The molecule has 124 valence electrons. The molecule has 0 bridgehead atoms. The summed E-state index contributed by atoms with van der Waals surface area (Å²) in [7, 11) is 0. The molecular formula is C20H15NO3S. The van der Waals surface area contributed by atoms with E-state index in [1.807, 2.05) is 48.5 Å². The number of nitro benzene ring substituents is 1. The maximum atomic E-state index is 11.8.